The molecule has 0 aliphatic carbocycles. The summed E-state index contributed by atoms with van der Waals surface area (Å²) in [6.45, 7) is 6.68. The summed E-state index contributed by atoms with van der Waals surface area (Å²) in [7, 11) is 0. The summed E-state index contributed by atoms with van der Waals surface area (Å²) in [4.78, 5) is 14.2. The molecule has 1 aliphatic heterocycles. The van der Waals surface area contributed by atoms with Gasteiger partial charge in [-0.2, -0.15) is 0 Å². The molecule has 1 amide bonds. The maximum absolute atomic E-state index is 12.3. The largest absolute Gasteiger partial charge is 0.378 e. The highest BCUT2D eigenvalue weighted by Crippen LogP contribution is 2.11. The van der Waals surface area contributed by atoms with Crippen molar-refractivity contribution in [3.63, 3.8) is 0 Å². The van der Waals surface area contributed by atoms with Crippen molar-refractivity contribution < 1.29 is 9.53 Å². The fourth-order valence-corrected chi connectivity index (χ4v) is 2.71. The Morgan fingerprint density at radius 3 is 2.52 bits per heavy atom. The van der Waals surface area contributed by atoms with Gasteiger partial charge in [-0.3, -0.25) is 4.79 Å². The molecular formula is C16H23ClN2O2. The first-order valence-corrected chi connectivity index (χ1v) is 7.81. The number of carbonyl (C=O) groups is 1. The summed E-state index contributed by atoms with van der Waals surface area (Å²) >= 11 is 5.88. The average molecular weight is 311 g/mol. The molecule has 1 saturated heterocycles. The molecule has 2 rings (SSSR count). The minimum atomic E-state index is -0.176. The maximum Gasteiger partial charge on any atom is 0.239 e. The predicted octanol–water partition coefficient (Wildman–Crippen LogP) is 2.11. The van der Waals surface area contributed by atoms with Crippen molar-refractivity contribution >= 4 is 17.5 Å². The van der Waals surface area contributed by atoms with Gasteiger partial charge in [0.15, 0.2) is 0 Å². The van der Waals surface area contributed by atoms with Crippen LogP contribution >= 0.6 is 11.6 Å². The van der Waals surface area contributed by atoms with Crippen LogP contribution < -0.4 is 5.32 Å². The lowest BCUT2D eigenvalue weighted by Crippen LogP contribution is -2.51. The summed E-state index contributed by atoms with van der Waals surface area (Å²) in [6, 6.07) is 7.89. The molecule has 1 heterocycles. The van der Waals surface area contributed by atoms with Gasteiger partial charge in [-0.05, 0) is 38.0 Å². The second kappa shape index (κ2) is 7.78. The number of ether oxygens (including phenoxy) is 1. The number of morpholine rings is 1. The van der Waals surface area contributed by atoms with Gasteiger partial charge in [-0.25, -0.2) is 0 Å². The molecule has 0 spiro atoms. The van der Waals surface area contributed by atoms with Crippen LogP contribution in [0.15, 0.2) is 24.3 Å². The first-order valence-electron chi connectivity index (χ1n) is 7.43. The normalized spacial score (nSPS) is 18.3. The van der Waals surface area contributed by atoms with Crippen molar-refractivity contribution in [2.75, 3.05) is 26.3 Å². The molecule has 0 radical (unpaired) electrons. The fourth-order valence-electron chi connectivity index (χ4n) is 2.59. The van der Waals surface area contributed by atoms with Crippen LogP contribution in [-0.4, -0.2) is 49.2 Å². The molecule has 1 aliphatic rings. The third kappa shape index (κ3) is 4.99. The van der Waals surface area contributed by atoms with E-state index in [1.54, 1.807) is 0 Å². The van der Waals surface area contributed by atoms with Crippen LogP contribution in [0.2, 0.25) is 5.02 Å². The van der Waals surface area contributed by atoms with Gasteiger partial charge in [-0.15, -0.1) is 0 Å². The summed E-state index contributed by atoms with van der Waals surface area (Å²) in [5.41, 5.74) is 1.21. The second-order valence-electron chi connectivity index (χ2n) is 5.56. The van der Waals surface area contributed by atoms with Crippen LogP contribution in [0.1, 0.15) is 19.4 Å². The number of benzene rings is 1. The van der Waals surface area contributed by atoms with E-state index >= 15 is 0 Å². The van der Waals surface area contributed by atoms with Gasteiger partial charge < -0.3 is 15.0 Å². The summed E-state index contributed by atoms with van der Waals surface area (Å²) in [6.07, 6.45) is 0.873. The summed E-state index contributed by atoms with van der Waals surface area (Å²) < 4.78 is 5.27. The monoisotopic (exact) mass is 310 g/mol. The number of hydrogen-bond donors (Lipinski definition) is 1. The molecule has 1 aromatic carbocycles. The van der Waals surface area contributed by atoms with E-state index in [1.807, 2.05) is 36.1 Å². The van der Waals surface area contributed by atoms with Crippen molar-refractivity contribution in [3.05, 3.63) is 34.9 Å². The highest BCUT2D eigenvalue weighted by Gasteiger charge is 2.23. The van der Waals surface area contributed by atoms with Gasteiger partial charge in [0.05, 0.1) is 19.3 Å². The van der Waals surface area contributed by atoms with Crippen LogP contribution in [0.25, 0.3) is 0 Å². The van der Waals surface area contributed by atoms with E-state index in [4.69, 9.17) is 16.3 Å². The highest BCUT2D eigenvalue weighted by molar-refractivity contribution is 6.30. The molecule has 4 nitrogen and oxygen atoms in total. The van der Waals surface area contributed by atoms with Gasteiger partial charge in [0.2, 0.25) is 5.91 Å². The molecule has 116 valence electrons. The molecule has 0 unspecified atom stereocenters. The highest BCUT2D eigenvalue weighted by atomic mass is 35.5. The Balaban J connectivity index is 1.82. The minimum Gasteiger partial charge on any atom is -0.378 e. The van der Waals surface area contributed by atoms with E-state index in [0.717, 1.165) is 11.4 Å². The lowest BCUT2D eigenvalue weighted by Gasteiger charge is -2.30. The third-order valence-corrected chi connectivity index (χ3v) is 3.93. The third-order valence-electron chi connectivity index (χ3n) is 3.68. The number of hydrogen-bond acceptors (Lipinski definition) is 3. The van der Waals surface area contributed by atoms with Crippen molar-refractivity contribution in [3.8, 4) is 0 Å². The average Bonchev–Trinajstić information content (AvgIpc) is 2.49. The van der Waals surface area contributed by atoms with E-state index in [0.29, 0.717) is 26.3 Å². The molecule has 0 saturated carbocycles. The van der Waals surface area contributed by atoms with E-state index in [9.17, 15) is 4.79 Å². The smallest absolute Gasteiger partial charge is 0.239 e. The van der Waals surface area contributed by atoms with Crippen LogP contribution in [0, 0.1) is 0 Å². The second-order valence-corrected chi connectivity index (χ2v) is 5.99. The van der Waals surface area contributed by atoms with Crippen molar-refractivity contribution in [2.45, 2.75) is 32.4 Å². The molecule has 1 N–H and O–H groups in total. The van der Waals surface area contributed by atoms with E-state index in [-0.39, 0.29) is 18.0 Å². The van der Waals surface area contributed by atoms with Crippen molar-refractivity contribution in [1.82, 2.24) is 10.2 Å². The zero-order chi connectivity index (χ0) is 15.2. The predicted molar refractivity (Wildman–Crippen MR) is 84.6 cm³/mol. The molecule has 0 bridgehead atoms. The van der Waals surface area contributed by atoms with Gasteiger partial charge in [0.25, 0.3) is 0 Å². The Morgan fingerprint density at radius 1 is 1.29 bits per heavy atom. The molecule has 5 heteroatoms. The quantitative estimate of drug-likeness (QED) is 0.905. The topological polar surface area (TPSA) is 41.6 Å². The maximum atomic E-state index is 12.3. The Hall–Kier alpha value is -1.10. The number of halogens is 1. The Bertz CT molecular complexity index is 458. The molecule has 2 atom stereocenters. The number of rotatable bonds is 5. The number of nitrogens with one attached hydrogen (secondary N) is 1. The minimum absolute atomic E-state index is 0.154. The Labute approximate surface area is 131 Å². The fraction of sp³-hybridized carbons (Fsp3) is 0.562. The van der Waals surface area contributed by atoms with Gasteiger partial charge in [-0.1, -0.05) is 23.7 Å². The van der Waals surface area contributed by atoms with Crippen LogP contribution in [-0.2, 0) is 16.0 Å². The van der Waals surface area contributed by atoms with Crippen LogP contribution in [0.3, 0.4) is 0 Å². The van der Waals surface area contributed by atoms with Crippen LogP contribution in [0.4, 0.5) is 0 Å². The lowest BCUT2D eigenvalue weighted by atomic mass is 10.1. The van der Waals surface area contributed by atoms with Gasteiger partial charge >= 0.3 is 0 Å². The standard InChI is InChI=1S/C16H23ClN2O2/c1-12(11-14-3-5-15(17)6-4-14)18-13(2)16(20)19-7-9-21-10-8-19/h3-6,12-13,18H,7-11H2,1-2H3/t12-,13-/m1/s1. The van der Waals surface area contributed by atoms with E-state index < -0.39 is 0 Å². The van der Waals surface area contributed by atoms with Crippen LogP contribution in [0.5, 0.6) is 0 Å². The Morgan fingerprint density at radius 2 is 1.90 bits per heavy atom. The molecule has 0 aromatic heterocycles. The lowest BCUT2D eigenvalue weighted by molar-refractivity contribution is -0.137. The Kier molecular flexibility index (Phi) is 6.03. The summed E-state index contributed by atoms with van der Waals surface area (Å²) in [5.74, 6) is 0.154. The van der Waals surface area contributed by atoms with E-state index in [2.05, 4.69) is 12.2 Å². The van der Waals surface area contributed by atoms with E-state index in [1.165, 1.54) is 5.56 Å². The first kappa shape index (κ1) is 16.3. The zero-order valence-electron chi connectivity index (χ0n) is 12.6. The van der Waals surface area contributed by atoms with Crippen molar-refractivity contribution in [2.24, 2.45) is 0 Å². The summed E-state index contributed by atoms with van der Waals surface area (Å²) in [5, 5.41) is 4.12. The van der Waals surface area contributed by atoms with Gasteiger partial charge in [0.1, 0.15) is 0 Å². The number of carbonyl (C=O) groups excluding carboxylic acids is 1. The first-order chi connectivity index (χ1) is 10.1. The number of amides is 1. The van der Waals surface area contributed by atoms with Crippen molar-refractivity contribution in [1.29, 1.82) is 0 Å². The molecular weight excluding hydrogens is 288 g/mol. The molecule has 21 heavy (non-hydrogen) atoms. The van der Waals surface area contributed by atoms with Gasteiger partial charge in [0, 0.05) is 24.2 Å². The number of nitrogens with zero attached hydrogens (tertiary/aromatic N) is 1. The zero-order valence-corrected chi connectivity index (χ0v) is 13.4. The SMILES string of the molecule is C[C@H](Cc1ccc(Cl)cc1)N[C@H](C)C(=O)N1CCOCC1. The molecule has 1 aromatic rings. The molecule has 1 fully saturated rings.